The molecule has 132 valence electrons. The molecule has 0 aliphatic rings. The number of rotatable bonds is 6. The number of amides is 1. The predicted octanol–water partition coefficient (Wildman–Crippen LogP) is 4.35. The van der Waals surface area contributed by atoms with Crippen molar-refractivity contribution in [3.8, 4) is 11.5 Å². The minimum absolute atomic E-state index is 0.00680. The number of ether oxygens (including phenoxy) is 2. The molecule has 1 amide bonds. The van der Waals surface area contributed by atoms with Gasteiger partial charge in [-0.05, 0) is 31.2 Å². The van der Waals surface area contributed by atoms with Gasteiger partial charge < -0.3 is 19.9 Å². The van der Waals surface area contributed by atoms with E-state index < -0.39 is 11.9 Å². The number of benzene rings is 2. The highest BCUT2D eigenvalue weighted by atomic mass is 35.5. The van der Waals surface area contributed by atoms with Crippen LogP contribution in [0, 0.1) is 0 Å². The lowest BCUT2D eigenvalue weighted by atomic mass is 10.1. The molecule has 0 unspecified atom stereocenters. The fourth-order valence-electron chi connectivity index (χ4n) is 2.12. The van der Waals surface area contributed by atoms with Gasteiger partial charge in [-0.25, -0.2) is 4.79 Å². The van der Waals surface area contributed by atoms with Crippen LogP contribution in [0.5, 0.6) is 11.5 Å². The zero-order valence-electron chi connectivity index (χ0n) is 13.4. The summed E-state index contributed by atoms with van der Waals surface area (Å²) in [5.74, 6) is -1.14. The van der Waals surface area contributed by atoms with Crippen molar-refractivity contribution in [2.75, 3.05) is 19.0 Å². The van der Waals surface area contributed by atoms with E-state index >= 15 is 0 Å². The molecule has 2 aromatic carbocycles. The summed E-state index contributed by atoms with van der Waals surface area (Å²) in [6.07, 6.45) is 0. The minimum atomic E-state index is -1.13. The molecule has 0 aliphatic heterocycles. The molecule has 0 aliphatic carbocycles. The first-order chi connectivity index (χ1) is 11.9. The van der Waals surface area contributed by atoms with Crippen molar-refractivity contribution in [1.29, 1.82) is 0 Å². The first kappa shape index (κ1) is 18.9. The monoisotopic (exact) mass is 383 g/mol. The number of hydrogen-bond acceptors (Lipinski definition) is 4. The number of nitrogens with one attached hydrogen (secondary N) is 1. The SMILES string of the molecule is CCOc1c(Cl)cc(C(=O)Nc2ccc(C(=O)O)c(OC)c2)cc1Cl. The van der Waals surface area contributed by atoms with Gasteiger partial charge in [-0.1, -0.05) is 23.2 Å². The second-order valence-electron chi connectivity index (χ2n) is 4.88. The third-order valence-corrected chi connectivity index (χ3v) is 3.80. The third kappa shape index (κ3) is 4.35. The largest absolute Gasteiger partial charge is 0.496 e. The van der Waals surface area contributed by atoms with Gasteiger partial charge in [0.1, 0.15) is 11.3 Å². The molecule has 0 atom stereocenters. The molecule has 0 bridgehead atoms. The fraction of sp³-hybridized carbons (Fsp3) is 0.176. The first-order valence-corrected chi connectivity index (χ1v) is 7.97. The number of carbonyl (C=O) groups excluding carboxylic acids is 1. The van der Waals surface area contributed by atoms with Crippen molar-refractivity contribution in [2.45, 2.75) is 6.92 Å². The Morgan fingerprint density at radius 3 is 2.32 bits per heavy atom. The Morgan fingerprint density at radius 2 is 1.80 bits per heavy atom. The Labute approximate surface area is 154 Å². The van der Waals surface area contributed by atoms with Gasteiger partial charge in [0.2, 0.25) is 0 Å². The first-order valence-electron chi connectivity index (χ1n) is 7.21. The van der Waals surface area contributed by atoms with Crippen molar-refractivity contribution in [3.63, 3.8) is 0 Å². The number of aromatic carboxylic acids is 1. The minimum Gasteiger partial charge on any atom is -0.496 e. The molecule has 8 heteroatoms. The van der Waals surface area contributed by atoms with Gasteiger partial charge in [0.25, 0.3) is 5.91 Å². The maximum atomic E-state index is 12.4. The van der Waals surface area contributed by atoms with Crippen LogP contribution in [0.25, 0.3) is 0 Å². The van der Waals surface area contributed by atoms with E-state index in [9.17, 15) is 9.59 Å². The van der Waals surface area contributed by atoms with Crippen LogP contribution in [0.1, 0.15) is 27.6 Å². The van der Waals surface area contributed by atoms with Gasteiger partial charge in [-0.3, -0.25) is 4.79 Å². The van der Waals surface area contributed by atoms with Crippen molar-refractivity contribution >= 4 is 40.8 Å². The summed E-state index contributed by atoms with van der Waals surface area (Å²) < 4.78 is 10.3. The molecule has 0 saturated heterocycles. The van der Waals surface area contributed by atoms with Gasteiger partial charge in [0.15, 0.2) is 5.75 Å². The lowest BCUT2D eigenvalue weighted by Crippen LogP contribution is -2.13. The van der Waals surface area contributed by atoms with E-state index in [0.29, 0.717) is 18.0 Å². The number of carbonyl (C=O) groups is 2. The van der Waals surface area contributed by atoms with E-state index in [1.807, 2.05) is 0 Å². The number of halogens is 2. The smallest absolute Gasteiger partial charge is 0.339 e. The Balaban J connectivity index is 2.27. The second kappa shape index (κ2) is 8.09. The fourth-order valence-corrected chi connectivity index (χ4v) is 2.72. The standard InChI is InChI=1S/C17H15Cl2NO5/c1-3-25-15-12(18)6-9(7-13(15)19)16(21)20-10-4-5-11(17(22)23)14(8-10)24-2/h4-8H,3H2,1-2H3,(H,20,21)(H,22,23). The molecular weight excluding hydrogens is 369 g/mol. The van der Waals surface area contributed by atoms with Crippen LogP contribution < -0.4 is 14.8 Å². The number of carboxylic acid groups (broad SMARTS) is 1. The van der Waals surface area contributed by atoms with E-state index in [4.69, 9.17) is 37.8 Å². The predicted molar refractivity (Wildman–Crippen MR) is 95.5 cm³/mol. The molecule has 6 nitrogen and oxygen atoms in total. The van der Waals surface area contributed by atoms with Gasteiger partial charge in [-0.2, -0.15) is 0 Å². The Kier molecular flexibility index (Phi) is 6.12. The van der Waals surface area contributed by atoms with Gasteiger partial charge in [0.05, 0.1) is 23.8 Å². The summed E-state index contributed by atoms with van der Waals surface area (Å²) >= 11 is 12.2. The number of hydrogen-bond donors (Lipinski definition) is 2. The Bertz CT molecular complexity index is 800. The Hall–Kier alpha value is -2.44. The number of methoxy groups -OCH3 is 1. The highest BCUT2D eigenvalue weighted by Crippen LogP contribution is 2.34. The highest BCUT2D eigenvalue weighted by molar-refractivity contribution is 6.37. The maximum absolute atomic E-state index is 12.4. The Morgan fingerprint density at radius 1 is 1.16 bits per heavy atom. The zero-order chi connectivity index (χ0) is 18.6. The zero-order valence-corrected chi connectivity index (χ0v) is 14.9. The summed E-state index contributed by atoms with van der Waals surface area (Å²) in [4.78, 5) is 23.5. The van der Waals surface area contributed by atoms with Crippen molar-refractivity contribution in [3.05, 3.63) is 51.5 Å². The van der Waals surface area contributed by atoms with Gasteiger partial charge in [0, 0.05) is 17.3 Å². The quantitative estimate of drug-likeness (QED) is 0.774. The number of anilines is 1. The van der Waals surface area contributed by atoms with Crippen LogP contribution in [-0.2, 0) is 0 Å². The van der Waals surface area contributed by atoms with Gasteiger partial charge >= 0.3 is 5.97 Å². The third-order valence-electron chi connectivity index (χ3n) is 3.24. The van der Waals surface area contributed by atoms with Crippen molar-refractivity contribution < 1.29 is 24.2 Å². The molecule has 0 aromatic heterocycles. The number of carboxylic acids is 1. The average molecular weight is 384 g/mol. The summed E-state index contributed by atoms with van der Waals surface area (Å²) in [7, 11) is 1.35. The molecule has 0 fully saturated rings. The van der Waals surface area contributed by atoms with Crippen LogP contribution >= 0.6 is 23.2 Å². The normalized spacial score (nSPS) is 10.2. The lowest BCUT2D eigenvalue weighted by molar-refractivity contribution is 0.0693. The van der Waals surface area contributed by atoms with Crippen molar-refractivity contribution in [2.24, 2.45) is 0 Å². The molecule has 0 spiro atoms. The maximum Gasteiger partial charge on any atom is 0.339 e. The van der Waals surface area contributed by atoms with Gasteiger partial charge in [-0.15, -0.1) is 0 Å². The average Bonchev–Trinajstić information content (AvgIpc) is 2.57. The molecule has 0 radical (unpaired) electrons. The second-order valence-corrected chi connectivity index (χ2v) is 5.69. The summed E-state index contributed by atoms with van der Waals surface area (Å²) in [5, 5.41) is 12.1. The van der Waals surface area contributed by atoms with Crippen LogP contribution in [-0.4, -0.2) is 30.7 Å². The van der Waals surface area contributed by atoms with Crippen LogP contribution in [0.2, 0.25) is 10.0 Å². The molecule has 25 heavy (non-hydrogen) atoms. The van der Waals surface area contributed by atoms with Crippen LogP contribution in [0.3, 0.4) is 0 Å². The summed E-state index contributed by atoms with van der Waals surface area (Å²) in [6.45, 7) is 2.18. The molecule has 0 heterocycles. The topological polar surface area (TPSA) is 84.9 Å². The molecular formula is C17H15Cl2NO5. The molecule has 0 saturated carbocycles. The summed E-state index contributed by atoms with van der Waals surface area (Å²) in [6, 6.07) is 7.10. The lowest BCUT2D eigenvalue weighted by Gasteiger charge is -2.12. The van der Waals surface area contributed by atoms with E-state index in [0.717, 1.165) is 0 Å². The van der Waals surface area contributed by atoms with E-state index in [2.05, 4.69) is 5.32 Å². The van der Waals surface area contributed by atoms with Crippen molar-refractivity contribution in [1.82, 2.24) is 0 Å². The van der Waals surface area contributed by atoms with E-state index in [-0.39, 0.29) is 26.9 Å². The van der Waals surface area contributed by atoms with Crippen LogP contribution in [0.4, 0.5) is 5.69 Å². The molecule has 2 aromatic rings. The van der Waals surface area contributed by atoms with E-state index in [1.54, 1.807) is 6.92 Å². The molecule has 2 rings (SSSR count). The van der Waals surface area contributed by atoms with E-state index in [1.165, 1.54) is 37.4 Å². The summed E-state index contributed by atoms with van der Waals surface area (Å²) in [5.41, 5.74) is 0.598. The van der Waals surface area contributed by atoms with Crippen LogP contribution in [0.15, 0.2) is 30.3 Å². The molecule has 2 N–H and O–H groups in total. The highest BCUT2D eigenvalue weighted by Gasteiger charge is 2.16.